The maximum absolute atomic E-state index is 9.33. The van der Waals surface area contributed by atoms with E-state index < -0.39 is 5.79 Å². The molecule has 0 bridgehead atoms. The van der Waals surface area contributed by atoms with Crippen molar-refractivity contribution in [3.63, 3.8) is 0 Å². The van der Waals surface area contributed by atoms with Crippen LogP contribution in [0.5, 0.6) is 5.75 Å². The second kappa shape index (κ2) is 3.01. The summed E-state index contributed by atoms with van der Waals surface area (Å²) < 4.78 is 10.2. The van der Waals surface area contributed by atoms with Crippen molar-refractivity contribution in [2.75, 3.05) is 13.2 Å². The Hall–Kier alpha value is -1.06. The largest absolute Gasteiger partial charge is 0.488 e. The predicted molar refractivity (Wildman–Crippen MR) is 47.6 cm³/mol. The fourth-order valence-electron chi connectivity index (χ4n) is 1.08. The Balaban J connectivity index is 1.97. The fraction of sp³-hybridized carbons (Fsp3) is 0.400. The molecule has 1 heterocycles. The van der Waals surface area contributed by atoms with Gasteiger partial charge in [-0.15, -0.1) is 0 Å². The van der Waals surface area contributed by atoms with Crippen LogP contribution in [0.15, 0.2) is 24.3 Å². The molecule has 1 aliphatic rings. The number of para-hydroxylation sites is 1. The number of aryl methyl sites for hydroxylation is 1. The Morgan fingerprint density at radius 3 is 2.85 bits per heavy atom. The lowest BCUT2D eigenvalue weighted by atomic mass is 10.2. The van der Waals surface area contributed by atoms with E-state index in [9.17, 15) is 5.11 Å². The second-order valence-electron chi connectivity index (χ2n) is 3.29. The molecule has 1 aromatic carbocycles. The van der Waals surface area contributed by atoms with Crippen LogP contribution >= 0.6 is 0 Å². The van der Waals surface area contributed by atoms with E-state index in [-0.39, 0.29) is 6.61 Å². The van der Waals surface area contributed by atoms with Crippen LogP contribution < -0.4 is 4.74 Å². The first-order valence-corrected chi connectivity index (χ1v) is 4.24. The molecule has 0 aliphatic carbocycles. The highest BCUT2D eigenvalue weighted by atomic mass is 16.7. The van der Waals surface area contributed by atoms with Gasteiger partial charge in [0, 0.05) is 0 Å². The third-order valence-corrected chi connectivity index (χ3v) is 2.02. The SMILES string of the molecule is Cc1ccccc1OCC1(O)CO1. The van der Waals surface area contributed by atoms with Gasteiger partial charge in [-0.05, 0) is 18.6 Å². The molecule has 0 saturated carbocycles. The minimum Gasteiger partial charge on any atom is -0.488 e. The van der Waals surface area contributed by atoms with E-state index >= 15 is 0 Å². The lowest BCUT2D eigenvalue weighted by molar-refractivity contribution is -0.00446. The van der Waals surface area contributed by atoms with E-state index in [4.69, 9.17) is 9.47 Å². The van der Waals surface area contributed by atoms with Crippen LogP contribution in [0, 0.1) is 6.92 Å². The van der Waals surface area contributed by atoms with Crippen molar-refractivity contribution in [2.45, 2.75) is 12.7 Å². The first-order chi connectivity index (χ1) is 6.20. The van der Waals surface area contributed by atoms with Gasteiger partial charge in [0.25, 0.3) is 0 Å². The van der Waals surface area contributed by atoms with Gasteiger partial charge < -0.3 is 14.6 Å². The van der Waals surface area contributed by atoms with Gasteiger partial charge in [-0.1, -0.05) is 18.2 Å². The van der Waals surface area contributed by atoms with Crippen LogP contribution in [0.2, 0.25) is 0 Å². The Labute approximate surface area is 76.9 Å². The van der Waals surface area contributed by atoms with Crippen LogP contribution in [-0.4, -0.2) is 24.1 Å². The standard InChI is InChI=1S/C10H12O3/c1-8-4-2-3-5-9(8)12-6-10(11)7-13-10/h2-5,11H,6-7H2,1H3. The second-order valence-corrected chi connectivity index (χ2v) is 3.29. The smallest absolute Gasteiger partial charge is 0.225 e. The number of aliphatic hydroxyl groups is 1. The van der Waals surface area contributed by atoms with E-state index in [1.165, 1.54) is 0 Å². The highest BCUT2D eigenvalue weighted by molar-refractivity contribution is 5.31. The van der Waals surface area contributed by atoms with E-state index in [0.717, 1.165) is 11.3 Å². The van der Waals surface area contributed by atoms with Crippen molar-refractivity contribution >= 4 is 0 Å². The van der Waals surface area contributed by atoms with E-state index in [1.807, 2.05) is 31.2 Å². The van der Waals surface area contributed by atoms with Crippen LogP contribution in [0.25, 0.3) is 0 Å². The van der Waals surface area contributed by atoms with E-state index in [1.54, 1.807) is 0 Å². The summed E-state index contributed by atoms with van der Waals surface area (Å²) >= 11 is 0. The molecular formula is C10H12O3. The molecule has 1 saturated heterocycles. The van der Waals surface area contributed by atoms with Gasteiger partial charge in [-0.25, -0.2) is 0 Å². The monoisotopic (exact) mass is 180 g/mol. The molecule has 1 fully saturated rings. The summed E-state index contributed by atoms with van der Waals surface area (Å²) in [5.41, 5.74) is 1.06. The van der Waals surface area contributed by atoms with Crippen molar-refractivity contribution in [2.24, 2.45) is 0 Å². The molecule has 3 heteroatoms. The molecule has 3 nitrogen and oxygen atoms in total. The van der Waals surface area contributed by atoms with Gasteiger partial charge in [0.05, 0.1) is 0 Å². The predicted octanol–water partition coefficient (Wildman–Crippen LogP) is 1.09. The number of hydrogen-bond donors (Lipinski definition) is 1. The molecule has 1 aromatic rings. The zero-order valence-corrected chi connectivity index (χ0v) is 7.49. The number of benzene rings is 1. The van der Waals surface area contributed by atoms with Crippen molar-refractivity contribution in [3.05, 3.63) is 29.8 Å². The molecule has 2 rings (SSSR count). The summed E-state index contributed by atoms with van der Waals surface area (Å²) in [7, 11) is 0. The maximum Gasteiger partial charge on any atom is 0.225 e. The number of rotatable bonds is 3. The average molecular weight is 180 g/mol. The molecule has 1 aliphatic heterocycles. The van der Waals surface area contributed by atoms with Crippen molar-refractivity contribution in [1.29, 1.82) is 0 Å². The third-order valence-electron chi connectivity index (χ3n) is 2.02. The molecule has 1 atom stereocenters. The summed E-state index contributed by atoms with van der Waals surface area (Å²) in [6, 6.07) is 7.69. The molecule has 70 valence electrons. The topological polar surface area (TPSA) is 42.0 Å². The van der Waals surface area contributed by atoms with Crippen LogP contribution in [0.1, 0.15) is 5.56 Å². The summed E-state index contributed by atoms with van der Waals surface area (Å²) in [5.74, 6) is -0.228. The van der Waals surface area contributed by atoms with Crippen LogP contribution in [0.3, 0.4) is 0 Å². The normalized spacial score (nSPS) is 25.7. The Morgan fingerprint density at radius 1 is 1.54 bits per heavy atom. The molecule has 0 aromatic heterocycles. The minimum atomic E-state index is -1.03. The zero-order chi connectivity index (χ0) is 9.31. The van der Waals surface area contributed by atoms with Crippen molar-refractivity contribution < 1.29 is 14.6 Å². The summed E-state index contributed by atoms with van der Waals surface area (Å²) in [6.45, 7) is 2.55. The van der Waals surface area contributed by atoms with Crippen LogP contribution in [0.4, 0.5) is 0 Å². The molecule has 0 amide bonds. The lowest BCUT2D eigenvalue weighted by Crippen LogP contribution is -2.20. The molecule has 0 radical (unpaired) electrons. The Kier molecular flexibility index (Phi) is 1.98. The average Bonchev–Trinajstić information content (AvgIpc) is 2.83. The highest BCUT2D eigenvalue weighted by Crippen LogP contribution is 2.25. The maximum atomic E-state index is 9.33. The lowest BCUT2D eigenvalue weighted by Gasteiger charge is -2.09. The Morgan fingerprint density at radius 2 is 2.23 bits per heavy atom. The third kappa shape index (κ3) is 1.99. The first-order valence-electron chi connectivity index (χ1n) is 4.24. The summed E-state index contributed by atoms with van der Waals surface area (Å²) in [5, 5.41) is 9.33. The van der Waals surface area contributed by atoms with Gasteiger partial charge in [0.15, 0.2) is 0 Å². The highest BCUT2D eigenvalue weighted by Gasteiger charge is 2.43. The molecular weight excluding hydrogens is 168 g/mol. The zero-order valence-electron chi connectivity index (χ0n) is 7.49. The number of ether oxygens (including phenoxy) is 2. The first kappa shape index (κ1) is 8.53. The van der Waals surface area contributed by atoms with Crippen molar-refractivity contribution in [1.82, 2.24) is 0 Å². The number of epoxide rings is 1. The molecule has 13 heavy (non-hydrogen) atoms. The molecule has 1 unspecified atom stereocenters. The van der Waals surface area contributed by atoms with Gasteiger partial charge in [0.2, 0.25) is 5.79 Å². The van der Waals surface area contributed by atoms with E-state index in [2.05, 4.69) is 0 Å². The van der Waals surface area contributed by atoms with Gasteiger partial charge in [0.1, 0.15) is 19.0 Å². The van der Waals surface area contributed by atoms with Gasteiger partial charge in [-0.2, -0.15) is 0 Å². The van der Waals surface area contributed by atoms with Gasteiger partial charge in [-0.3, -0.25) is 0 Å². The summed E-state index contributed by atoms with van der Waals surface area (Å²) in [4.78, 5) is 0. The van der Waals surface area contributed by atoms with Crippen LogP contribution in [-0.2, 0) is 4.74 Å². The molecule has 0 spiro atoms. The fourth-order valence-corrected chi connectivity index (χ4v) is 1.08. The van der Waals surface area contributed by atoms with E-state index in [0.29, 0.717) is 6.61 Å². The van der Waals surface area contributed by atoms with Crippen molar-refractivity contribution in [3.8, 4) is 5.75 Å². The Bertz CT molecular complexity index is 305. The quantitative estimate of drug-likeness (QED) is 0.708. The summed E-state index contributed by atoms with van der Waals surface area (Å²) in [6.07, 6.45) is 0. The van der Waals surface area contributed by atoms with Gasteiger partial charge >= 0.3 is 0 Å². The number of hydrogen-bond acceptors (Lipinski definition) is 3. The minimum absolute atomic E-state index is 0.206. The molecule has 1 N–H and O–H groups in total.